The molecule has 0 saturated carbocycles. The summed E-state index contributed by atoms with van der Waals surface area (Å²) in [4.78, 5) is 1.34. The Balaban J connectivity index is 2.05. The van der Waals surface area contributed by atoms with Crippen LogP contribution in [0.5, 0.6) is 0 Å². The van der Waals surface area contributed by atoms with E-state index in [9.17, 15) is 0 Å². The van der Waals surface area contributed by atoms with Gasteiger partial charge in [0.15, 0.2) is 0 Å². The zero-order valence-electron chi connectivity index (χ0n) is 8.32. The van der Waals surface area contributed by atoms with Crippen molar-refractivity contribution >= 4 is 11.8 Å². The Morgan fingerprint density at radius 1 is 1.43 bits per heavy atom. The summed E-state index contributed by atoms with van der Waals surface area (Å²) in [6, 6.07) is 8.67. The van der Waals surface area contributed by atoms with Crippen molar-refractivity contribution in [3.05, 3.63) is 29.8 Å². The lowest BCUT2D eigenvalue weighted by Crippen LogP contribution is -2.07. The van der Waals surface area contributed by atoms with Crippen molar-refractivity contribution in [1.82, 2.24) is 5.32 Å². The average Bonchev–Trinajstić information content (AvgIpc) is 2.72. The molecule has 1 aromatic carbocycles. The van der Waals surface area contributed by atoms with Gasteiger partial charge in [-0.2, -0.15) is 0 Å². The first-order chi connectivity index (χ1) is 6.90. The van der Waals surface area contributed by atoms with Gasteiger partial charge in [-0.3, -0.25) is 5.32 Å². The molecule has 1 fully saturated rings. The van der Waals surface area contributed by atoms with Crippen LogP contribution in [-0.2, 0) is 4.74 Å². The minimum absolute atomic E-state index is 0.246. The van der Waals surface area contributed by atoms with Crippen LogP contribution in [0.25, 0.3) is 0 Å². The second kappa shape index (κ2) is 4.82. The molecule has 1 aliphatic heterocycles. The quantitative estimate of drug-likeness (QED) is 0.772. The lowest BCUT2D eigenvalue weighted by atomic mass is 10.1. The van der Waals surface area contributed by atoms with Crippen molar-refractivity contribution in [1.29, 1.82) is 0 Å². The molecule has 1 aromatic rings. The van der Waals surface area contributed by atoms with Gasteiger partial charge in [-0.25, -0.2) is 0 Å². The number of ether oxygens (including phenoxy) is 1. The smallest absolute Gasteiger partial charge is 0.0975 e. The SMILES string of the molecule is CCSc1ccc(C2CNCO2)cc1. The van der Waals surface area contributed by atoms with Crippen LogP contribution in [0.3, 0.4) is 0 Å². The summed E-state index contributed by atoms with van der Waals surface area (Å²) in [6.45, 7) is 3.78. The maximum absolute atomic E-state index is 5.52. The molecule has 2 rings (SSSR count). The Kier molecular flexibility index (Phi) is 3.45. The molecule has 76 valence electrons. The molecule has 2 nitrogen and oxygen atoms in total. The number of benzene rings is 1. The predicted octanol–water partition coefficient (Wildman–Crippen LogP) is 2.42. The van der Waals surface area contributed by atoms with Gasteiger partial charge in [0.25, 0.3) is 0 Å². The topological polar surface area (TPSA) is 21.3 Å². The molecular weight excluding hydrogens is 194 g/mol. The third kappa shape index (κ3) is 2.29. The maximum Gasteiger partial charge on any atom is 0.0975 e. The first-order valence-corrected chi connectivity index (χ1v) is 5.94. The van der Waals surface area contributed by atoms with Crippen molar-refractivity contribution in [2.75, 3.05) is 19.0 Å². The van der Waals surface area contributed by atoms with Crippen molar-refractivity contribution in [3.8, 4) is 0 Å². The summed E-state index contributed by atoms with van der Waals surface area (Å²) in [5, 5.41) is 3.18. The van der Waals surface area contributed by atoms with Crippen LogP contribution in [0.15, 0.2) is 29.2 Å². The van der Waals surface area contributed by atoms with E-state index in [-0.39, 0.29) is 6.10 Å². The van der Waals surface area contributed by atoms with Crippen LogP contribution >= 0.6 is 11.8 Å². The van der Waals surface area contributed by atoms with Gasteiger partial charge in [-0.05, 0) is 23.4 Å². The van der Waals surface area contributed by atoms with Crippen molar-refractivity contribution < 1.29 is 4.74 Å². The molecule has 1 atom stereocenters. The molecule has 0 spiro atoms. The van der Waals surface area contributed by atoms with Crippen LogP contribution in [0.1, 0.15) is 18.6 Å². The van der Waals surface area contributed by atoms with Crippen molar-refractivity contribution in [2.24, 2.45) is 0 Å². The van der Waals surface area contributed by atoms with Gasteiger partial charge in [0.1, 0.15) is 0 Å². The van der Waals surface area contributed by atoms with Gasteiger partial charge < -0.3 is 4.74 Å². The van der Waals surface area contributed by atoms with E-state index in [1.165, 1.54) is 10.5 Å². The van der Waals surface area contributed by atoms with Crippen LogP contribution in [0.4, 0.5) is 0 Å². The maximum atomic E-state index is 5.52. The summed E-state index contributed by atoms with van der Waals surface area (Å²) in [5.74, 6) is 1.13. The Bertz CT molecular complexity index is 280. The Morgan fingerprint density at radius 2 is 2.21 bits per heavy atom. The second-order valence-electron chi connectivity index (χ2n) is 3.26. The standard InChI is InChI=1S/C11H15NOS/c1-2-14-10-5-3-9(4-6-10)11-7-12-8-13-11/h3-6,11-12H,2,7-8H2,1H3. The Morgan fingerprint density at radius 3 is 2.79 bits per heavy atom. The minimum Gasteiger partial charge on any atom is -0.357 e. The highest BCUT2D eigenvalue weighted by atomic mass is 32.2. The van der Waals surface area contributed by atoms with Crippen LogP contribution in [0.2, 0.25) is 0 Å². The molecule has 1 heterocycles. The molecule has 1 saturated heterocycles. The van der Waals surface area contributed by atoms with Crippen molar-refractivity contribution in [2.45, 2.75) is 17.9 Å². The summed E-state index contributed by atoms with van der Waals surface area (Å²) in [7, 11) is 0. The van der Waals surface area contributed by atoms with Crippen LogP contribution in [0, 0.1) is 0 Å². The van der Waals surface area contributed by atoms with E-state index in [0.29, 0.717) is 6.73 Å². The Labute approximate surface area is 89.0 Å². The average molecular weight is 209 g/mol. The molecular formula is C11H15NOS. The van der Waals surface area contributed by atoms with E-state index in [2.05, 4.69) is 36.5 Å². The van der Waals surface area contributed by atoms with Gasteiger partial charge >= 0.3 is 0 Å². The molecule has 0 aliphatic carbocycles. The van der Waals surface area contributed by atoms with E-state index in [1.54, 1.807) is 0 Å². The lowest BCUT2D eigenvalue weighted by molar-refractivity contribution is 0.114. The number of nitrogens with one attached hydrogen (secondary N) is 1. The van der Waals surface area contributed by atoms with E-state index < -0.39 is 0 Å². The summed E-state index contributed by atoms with van der Waals surface area (Å²) in [6.07, 6.45) is 0.246. The summed E-state index contributed by atoms with van der Waals surface area (Å²) < 4.78 is 5.52. The zero-order valence-corrected chi connectivity index (χ0v) is 9.14. The van der Waals surface area contributed by atoms with Crippen molar-refractivity contribution in [3.63, 3.8) is 0 Å². The molecule has 3 heteroatoms. The highest BCUT2D eigenvalue weighted by molar-refractivity contribution is 7.99. The largest absolute Gasteiger partial charge is 0.357 e. The molecule has 0 bridgehead atoms. The number of thioether (sulfide) groups is 1. The fraction of sp³-hybridized carbons (Fsp3) is 0.455. The predicted molar refractivity (Wildman–Crippen MR) is 59.5 cm³/mol. The van der Waals surface area contributed by atoms with E-state index in [4.69, 9.17) is 4.74 Å². The first-order valence-electron chi connectivity index (χ1n) is 4.95. The highest BCUT2D eigenvalue weighted by Crippen LogP contribution is 2.23. The van der Waals surface area contributed by atoms with Crippen LogP contribution in [-0.4, -0.2) is 19.0 Å². The minimum atomic E-state index is 0.246. The van der Waals surface area contributed by atoms with Gasteiger partial charge in [-0.15, -0.1) is 11.8 Å². The monoisotopic (exact) mass is 209 g/mol. The number of hydrogen-bond donors (Lipinski definition) is 1. The zero-order chi connectivity index (χ0) is 9.80. The molecule has 1 N–H and O–H groups in total. The first kappa shape index (κ1) is 10.0. The van der Waals surface area contributed by atoms with Gasteiger partial charge in [0.05, 0.1) is 12.8 Å². The van der Waals surface area contributed by atoms with Gasteiger partial charge in [-0.1, -0.05) is 19.1 Å². The summed E-state index contributed by atoms with van der Waals surface area (Å²) >= 11 is 1.87. The molecule has 1 unspecified atom stereocenters. The third-order valence-corrected chi connectivity index (χ3v) is 3.17. The highest BCUT2D eigenvalue weighted by Gasteiger charge is 2.16. The molecule has 0 aromatic heterocycles. The van der Waals surface area contributed by atoms with E-state index in [0.717, 1.165) is 12.3 Å². The summed E-state index contributed by atoms with van der Waals surface area (Å²) in [5.41, 5.74) is 1.27. The molecule has 1 aliphatic rings. The van der Waals surface area contributed by atoms with Gasteiger partial charge in [0, 0.05) is 11.4 Å². The fourth-order valence-corrected chi connectivity index (χ4v) is 2.23. The normalized spacial score (nSPS) is 21.4. The van der Waals surface area contributed by atoms with E-state index >= 15 is 0 Å². The third-order valence-electron chi connectivity index (χ3n) is 2.28. The fourth-order valence-electron chi connectivity index (χ4n) is 1.57. The van der Waals surface area contributed by atoms with Crippen LogP contribution < -0.4 is 5.32 Å². The molecule has 0 amide bonds. The Hall–Kier alpha value is -0.510. The number of hydrogen-bond acceptors (Lipinski definition) is 3. The number of rotatable bonds is 3. The second-order valence-corrected chi connectivity index (χ2v) is 4.59. The molecule has 14 heavy (non-hydrogen) atoms. The van der Waals surface area contributed by atoms with Gasteiger partial charge in [0.2, 0.25) is 0 Å². The lowest BCUT2D eigenvalue weighted by Gasteiger charge is -2.08. The molecule has 0 radical (unpaired) electrons. The van der Waals surface area contributed by atoms with E-state index in [1.807, 2.05) is 11.8 Å².